The van der Waals surface area contributed by atoms with Crippen LogP contribution in [0.5, 0.6) is 0 Å². The van der Waals surface area contributed by atoms with Gasteiger partial charge < -0.3 is 26.2 Å². The SMILES string of the molecule is CCCCC#Cc1nc(N=C(N)N)c2ncn(CC(O)CO)c2n1. The molecular weight excluding hydrogens is 310 g/mol. The van der Waals surface area contributed by atoms with Crippen molar-refractivity contribution in [2.45, 2.75) is 38.8 Å². The topological polar surface area (TPSA) is 148 Å². The van der Waals surface area contributed by atoms with Gasteiger partial charge in [0.05, 0.1) is 25.6 Å². The molecule has 0 fully saturated rings. The molecule has 0 bridgehead atoms. The van der Waals surface area contributed by atoms with Gasteiger partial charge >= 0.3 is 0 Å². The highest BCUT2D eigenvalue weighted by Crippen LogP contribution is 2.21. The summed E-state index contributed by atoms with van der Waals surface area (Å²) in [6, 6.07) is 0. The molecule has 0 radical (unpaired) electrons. The summed E-state index contributed by atoms with van der Waals surface area (Å²) in [6.45, 7) is 1.86. The second-order valence-electron chi connectivity index (χ2n) is 5.22. The monoisotopic (exact) mass is 331 g/mol. The highest BCUT2D eigenvalue weighted by molar-refractivity contribution is 5.87. The van der Waals surface area contributed by atoms with Crippen molar-refractivity contribution in [2.24, 2.45) is 16.5 Å². The number of guanidine groups is 1. The standard InChI is InChI=1S/C15H21N7O2/c1-2-3-4-5-6-11-19-13(21-15(16)17)12-14(20-11)22(9-18-12)7-10(24)8-23/h9-10,23-24H,2-4,7-8H2,1H3,(H4,16,17,19,20,21). The summed E-state index contributed by atoms with van der Waals surface area (Å²) in [6.07, 6.45) is 3.36. The van der Waals surface area contributed by atoms with Crippen molar-refractivity contribution in [2.75, 3.05) is 6.61 Å². The van der Waals surface area contributed by atoms with Crippen LogP contribution in [0.4, 0.5) is 5.82 Å². The van der Waals surface area contributed by atoms with Gasteiger partial charge in [0.15, 0.2) is 22.9 Å². The fraction of sp³-hybridized carbons (Fsp3) is 0.467. The Morgan fingerprint density at radius 1 is 1.42 bits per heavy atom. The van der Waals surface area contributed by atoms with E-state index in [4.69, 9.17) is 16.6 Å². The van der Waals surface area contributed by atoms with Crippen LogP contribution in [0, 0.1) is 11.8 Å². The number of aliphatic imine (C=N–C) groups is 1. The average molecular weight is 331 g/mol. The van der Waals surface area contributed by atoms with Crippen molar-refractivity contribution in [1.29, 1.82) is 0 Å². The molecule has 128 valence electrons. The lowest BCUT2D eigenvalue weighted by molar-refractivity contribution is 0.0820. The predicted octanol–water partition coefficient (Wildman–Crippen LogP) is -0.374. The molecule has 24 heavy (non-hydrogen) atoms. The summed E-state index contributed by atoms with van der Waals surface area (Å²) in [5.41, 5.74) is 11.7. The third-order valence-corrected chi connectivity index (χ3v) is 3.15. The zero-order valence-electron chi connectivity index (χ0n) is 13.5. The van der Waals surface area contributed by atoms with E-state index in [9.17, 15) is 5.11 Å². The number of aliphatic hydroxyl groups is 2. The van der Waals surface area contributed by atoms with Crippen molar-refractivity contribution in [3.63, 3.8) is 0 Å². The Labute approximate surface area is 139 Å². The Morgan fingerprint density at radius 2 is 2.21 bits per heavy atom. The molecule has 0 saturated carbocycles. The van der Waals surface area contributed by atoms with E-state index < -0.39 is 6.10 Å². The fourth-order valence-corrected chi connectivity index (χ4v) is 2.01. The third-order valence-electron chi connectivity index (χ3n) is 3.15. The van der Waals surface area contributed by atoms with Crippen molar-refractivity contribution in [3.8, 4) is 11.8 Å². The average Bonchev–Trinajstić information content (AvgIpc) is 2.94. The molecule has 2 aromatic rings. The highest BCUT2D eigenvalue weighted by atomic mass is 16.3. The Hall–Kier alpha value is -2.70. The molecule has 0 aromatic carbocycles. The lowest BCUT2D eigenvalue weighted by atomic mass is 10.2. The largest absolute Gasteiger partial charge is 0.394 e. The van der Waals surface area contributed by atoms with Gasteiger partial charge in [0, 0.05) is 6.42 Å². The molecule has 0 aliphatic rings. The Bertz CT molecular complexity index is 784. The van der Waals surface area contributed by atoms with Crippen LogP contribution in [0.15, 0.2) is 11.3 Å². The third kappa shape index (κ3) is 4.41. The van der Waals surface area contributed by atoms with Crippen molar-refractivity contribution in [1.82, 2.24) is 19.5 Å². The number of rotatable bonds is 6. The van der Waals surface area contributed by atoms with Crippen molar-refractivity contribution < 1.29 is 10.2 Å². The van der Waals surface area contributed by atoms with Crippen LogP contribution >= 0.6 is 0 Å². The number of imidazole rings is 1. The Balaban J connectivity index is 2.48. The Kier molecular flexibility index (Phi) is 6.06. The quantitative estimate of drug-likeness (QED) is 0.244. The van der Waals surface area contributed by atoms with Crippen LogP contribution in [-0.4, -0.2) is 48.4 Å². The maximum Gasteiger partial charge on any atom is 0.209 e. The van der Waals surface area contributed by atoms with Crippen LogP contribution in [0.25, 0.3) is 11.2 Å². The van der Waals surface area contributed by atoms with E-state index >= 15 is 0 Å². The number of hydrogen-bond donors (Lipinski definition) is 4. The van der Waals surface area contributed by atoms with Gasteiger partial charge in [-0.1, -0.05) is 19.3 Å². The van der Waals surface area contributed by atoms with E-state index in [0.717, 1.165) is 19.3 Å². The Morgan fingerprint density at radius 3 is 2.88 bits per heavy atom. The van der Waals surface area contributed by atoms with Gasteiger partial charge in [-0.15, -0.1) is 0 Å². The molecule has 2 rings (SSSR count). The first-order valence-corrected chi connectivity index (χ1v) is 7.65. The summed E-state index contributed by atoms with van der Waals surface area (Å²) in [7, 11) is 0. The number of nitrogens with two attached hydrogens (primary N) is 2. The summed E-state index contributed by atoms with van der Waals surface area (Å²) >= 11 is 0. The predicted molar refractivity (Wildman–Crippen MR) is 90.3 cm³/mol. The number of unbranched alkanes of at least 4 members (excludes halogenated alkanes) is 2. The number of fused-ring (bicyclic) bond motifs is 1. The summed E-state index contributed by atoms with van der Waals surface area (Å²) in [5, 5.41) is 18.6. The molecule has 0 aliphatic heterocycles. The van der Waals surface area contributed by atoms with Crippen LogP contribution in [0.2, 0.25) is 0 Å². The lowest BCUT2D eigenvalue weighted by Crippen LogP contribution is -2.22. The summed E-state index contributed by atoms with van der Waals surface area (Å²) in [4.78, 5) is 16.8. The van der Waals surface area contributed by atoms with E-state index in [0.29, 0.717) is 11.2 Å². The molecule has 0 aliphatic carbocycles. The van der Waals surface area contributed by atoms with E-state index in [2.05, 4.69) is 38.7 Å². The van der Waals surface area contributed by atoms with Gasteiger partial charge in [-0.2, -0.15) is 9.98 Å². The maximum atomic E-state index is 9.64. The summed E-state index contributed by atoms with van der Waals surface area (Å²) < 4.78 is 1.60. The van der Waals surface area contributed by atoms with Crippen LogP contribution in [-0.2, 0) is 6.54 Å². The molecule has 2 heterocycles. The van der Waals surface area contributed by atoms with Gasteiger partial charge in [0.1, 0.15) is 0 Å². The highest BCUT2D eigenvalue weighted by Gasteiger charge is 2.14. The van der Waals surface area contributed by atoms with Gasteiger partial charge in [-0.05, 0) is 12.3 Å². The lowest BCUT2D eigenvalue weighted by Gasteiger charge is -2.08. The van der Waals surface area contributed by atoms with Crippen LogP contribution in [0.3, 0.4) is 0 Å². The first-order chi connectivity index (χ1) is 11.5. The van der Waals surface area contributed by atoms with Crippen molar-refractivity contribution >= 4 is 22.9 Å². The minimum absolute atomic E-state index is 0.133. The van der Waals surface area contributed by atoms with Gasteiger partial charge in [-0.3, -0.25) is 0 Å². The molecule has 2 aromatic heterocycles. The van der Waals surface area contributed by atoms with Gasteiger partial charge in [-0.25, -0.2) is 9.97 Å². The molecule has 9 nitrogen and oxygen atoms in total. The smallest absolute Gasteiger partial charge is 0.209 e. The molecule has 6 N–H and O–H groups in total. The van der Waals surface area contributed by atoms with Crippen LogP contribution < -0.4 is 11.5 Å². The fourth-order valence-electron chi connectivity index (χ4n) is 2.01. The van der Waals surface area contributed by atoms with E-state index in [-0.39, 0.29) is 30.8 Å². The normalized spacial score (nSPS) is 11.8. The minimum atomic E-state index is -0.928. The zero-order chi connectivity index (χ0) is 17.5. The first kappa shape index (κ1) is 17.7. The van der Waals surface area contributed by atoms with Gasteiger partial charge in [0.2, 0.25) is 5.82 Å². The van der Waals surface area contributed by atoms with Crippen molar-refractivity contribution in [3.05, 3.63) is 12.2 Å². The van der Waals surface area contributed by atoms with Gasteiger partial charge in [0.25, 0.3) is 0 Å². The number of nitrogens with zero attached hydrogens (tertiary/aromatic N) is 5. The van der Waals surface area contributed by atoms with E-state index in [1.165, 1.54) is 6.33 Å². The minimum Gasteiger partial charge on any atom is -0.394 e. The van der Waals surface area contributed by atoms with E-state index in [1.54, 1.807) is 4.57 Å². The second kappa shape index (κ2) is 8.24. The molecule has 0 spiro atoms. The molecule has 0 saturated heterocycles. The summed E-state index contributed by atoms with van der Waals surface area (Å²) in [5.74, 6) is 6.25. The molecule has 0 amide bonds. The first-order valence-electron chi connectivity index (χ1n) is 7.65. The second-order valence-corrected chi connectivity index (χ2v) is 5.22. The molecular formula is C15H21N7O2. The number of aromatic nitrogens is 4. The maximum absolute atomic E-state index is 9.64. The molecule has 9 heteroatoms. The number of hydrogen-bond acceptors (Lipinski definition) is 6. The van der Waals surface area contributed by atoms with E-state index in [1.807, 2.05) is 0 Å². The zero-order valence-corrected chi connectivity index (χ0v) is 13.5. The molecule has 1 unspecified atom stereocenters. The molecule has 1 atom stereocenters. The number of aliphatic hydroxyl groups excluding tert-OH is 2. The van der Waals surface area contributed by atoms with Crippen LogP contribution in [0.1, 0.15) is 32.0 Å².